The number of halogens is 1. The van der Waals surface area contributed by atoms with Crippen molar-refractivity contribution in [2.75, 3.05) is 11.9 Å². The Bertz CT molecular complexity index is 1070. The number of benzene rings is 3. The molecule has 2 amide bonds. The van der Waals surface area contributed by atoms with Gasteiger partial charge in [0.25, 0.3) is 11.8 Å². The maximum Gasteiger partial charge on any atom is 0.262 e. The first-order valence-electron chi connectivity index (χ1n) is 10.4. The molecule has 2 N–H and O–H groups in total. The van der Waals surface area contributed by atoms with Crippen LogP contribution in [0.1, 0.15) is 42.3 Å². The number of anilines is 1. The molecule has 0 aliphatic rings. The number of para-hydroxylation sites is 1. The Morgan fingerprint density at radius 1 is 0.906 bits per heavy atom. The molecule has 0 fully saturated rings. The highest BCUT2D eigenvalue weighted by Gasteiger charge is 2.15. The van der Waals surface area contributed by atoms with Crippen molar-refractivity contribution in [3.8, 4) is 5.75 Å². The lowest BCUT2D eigenvalue weighted by Crippen LogP contribution is -2.25. The van der Waals surface area contributed by atoms with E-state index >= 15 is 0 Å². The first kappa shape index (κ1) is 23.0. The minimum atomic E-state index is -0.411. The van der Waals surface area contributed by atoms with Crippen LogP contribution in [-0.2, 0) is 16.8 Å². The summed E-state index contributed by atoms with van der Waals surface area (Å²) in [4.78, 5) is 24.8. The van der Waals surface area contributed by atoms with Gasteiger partial charge in [0.1, 0.15) is 11.6 Å². The molecule has 0 saturated carbocycles. The van der Waals surface area contributed by atoms with Crippen molar-refractivity contribution in [3.63, 3.8) is 0 Å². The van der Waals surface area contributed by atoms with E-state index < -0.39 is 5.91 Å². The number of ether oxygens (including phenoxy) is 1. The van der Waals surface area contributed by atoms with Crippen LogP contribution < -0.4 is 15.4 Å². The van der Waals surface area contributed by atoms with Crippen molar-refractivity contribution in [2.24, 2.45) is 0 Å². The van der Waals surface area contributed by atoms with E-state index in [1.807, 2.05) is 12.1 Å². The van der Waals surface area contributed by atoms with Gasteiger partial charge in [0.05, 0.1) is 5.56 Å². The van der Waals surface area contributed by atoms with Crippen LogP contribution in [0, 0.1) is 5.82 Å². The Morgan fingerprint density at radius 3 is 2.22 bits per heavy atom. The van der Waals surface area contributed by atoms with Crippen molar-refractivity contribution >= 4 is 17.5 Å². The van der Waals surface area contributed by atoms with Gasteiger partial charge in [-0.2, -0.15) is 0 Å². The Labute approximate surface area is 187 Å². The Kier molecular flexibility index (Phi) is 7.25. The first-order chi connectivity index (χ1) is 15.2. The lowest BCUT2D eigenvalue weighted by Gasteiger charge is -2.19. The molecule has 0 aliphatic heterocycles. The molecular weight excluding hydrogens is 407 g/mol. The molecule has 0 heterocycles. The van der Waals surface area contributed by atoms with Gasteiger partial charge in [-0.05, 0) is 52.9 Å². The van der Waals surface area contributed by atoms with E-state index in [0.29, 0.717) is 23.5 Å². The van der Waals surface area contributed by atoms with Crippen LogP contribution in [0.5, 0.6) is 5.75 Å². The maximum absolute atomic E-state index is 13.0. The molecule has 0 atom stereocenters. The summed E-state index contributed by atoms with van der Waals surface area (Å²) in [6.07, 6.45) is 0. The van der Waals surface area contributed by atoms with Crippen molar-refractivity contribution in [1.29, 1.82) is 0 Å². The third-order valence-corrected chi connectivity index (χ3v) is 4.89. The summed E-state index contributed by atoms with van der Waals surface area (Å²) in [7, 11) is 0. The highest BCUT2D eigenvalue weighted by atomic mass is 19.1. The van der Waals surface area contributed by atoms with Gasteiger partial charge in [-0.1, -0.05) is 57.2 Å². The number of rotatable bonds is 7. The zero-order valence-corrected chi connectivity index (χ0v) is 18.4. The summed E-state index contributed by atoms with van der Waals surface area (Å²) in [5.41, 5.74) is 3.09. The maximum atomic E-state index is 13.0. The van der Waals surface area contributed by atoms with Gasteiger partial charge in [-0.3, -0.25) is 9.59 Å². The summed E-state index contributed by atoms with van der Waals surface area (Å²) in [6, 6.07) is 20.3. The van der Waals surface area contributed by atoms with Crippen LogP contribution in [0.4, 0.5) is 10.1 Å². The van der Waals surface area contributed by atoms with Crippen LogP contribution in [-0.4, -0.2) is 18.4 Å². The summed E-state index contributed by atoms with van der Waals surface area (Å²) < 4.78 is 18.5. The van der Waals surface area contributed by atoms with Gasteiger partial charge in [0.15, 0.2) is 6.61 Å². The minimum absolute atomic E-state index is 0.0705. The minimum Gasteiger partial charge on any atom is -0.483 e. The van der Waals surface area contributed by atoms with Crippen LogP contribution in [0.25, 0.3) is 0 Å². The first-order valence-corrected chi connectivity index (χ1v) is 10.4. The second-order valence-electron chi connectivity index (χ2n) is 8.47. The van der Waals surface area contributed by atoms with E-state index in [2.05, 4.69) is 43.5 Å². The van der Waals surface area contributed by atoms with E-state index in [4.69, 9.17) is 4.74 Å². The molecule has 0 radical (unpaired) electrons. The monoisotopic (exact) mass is 434 g/mol. The number of hydrogen-bond acceptors (Lipinski definition) is 3. The Hall–Kier alpha value is -3.67. The highest BCUT2D eigenvalue weighted by molar-refractivity contribution is 5.97. The molecule has 166 valence electrons. The van der Waals surface area contributed by atoms with Crippen LogP contribution in [0.3, 0.4) is 0 Å². The quantitative estimate of drug-likeness (QED) is 0.546. The number of carbonyl (C=O) groups excluding carboxylic acids is 2. The predicted octanol–water partition coefficient (Wildman–Crippen LogP) is 5.07. The number of hydrogen-bond donors (Lipinski definition) is 2. The predicted molar refractivity (Wildman–Crippen MR) is 123 cm³/mol. The Morgan fingerprint density at radius 2 is 1.56 bits per heavy atom. The molecule has 3 rings (SSSR count). The summed E-state index contributed by atoms with van der Waals surface area (Å²) in [6.45, 7) is 6.56. The fraction of sp³-hybridized carbons (Fsp3) is 0.231. The summed E-state index contributed by atoms with van der Waals surface area (Å²) in [5.74, 6) is -0.781. The molecule has 0 bridgehead atoms. The molecule has 6 heteroatoms. The fourth-order valence-corrected chi connectivity index (χ4v) is 3.05. The number of nitrogens with one attached hydrogen (secondary N) is 2. The lowest BCUT2D eigenvalue weighted by atomic mass is 9.87. The van der Waals surface area contributed by atoms with E-state index in [9.17, 15) is 14.0 Å². The second-order valence-corrected chi connectivity index (χ2v) is 8.47. The molecule has 0 unspecified atom stereocenters. The molecule has 3 aromatic rings. The van der Waals surface area contributed by atoms with Crippen molar-refractivity contribution in [3.05, 3.63) is 95.3 Å². The van der Waals surface area contributed by atoms with E-state index in [1.165, 1.54) is 29.8 Å². The Balaban J connectivity index is 1.57. The van der Waals surface area contributed by atoms with Gasteiger partial charge >= 0.3 is 0 Å². The lowest BCUT2D eigenvalue weighted by molar-refractivity contribution is -0.118. The van der Waals surface area contributed by atoms with Crippen LogP contribution in [0.2, 0.25) is 0 Å². The van der Waals surface area contributed by atoms with E-state index in [0.717, 1.165) is 5.56 Å². The molecule has 0 aromatic heterocycles. The van der Waals surface area contributed by atoms with Crippen molar-refractivity contribution < 1.29 is 18.7 Å². The number of amides is 2. The fourth-order valence-electron chi connectivity index (χ4n) is 3.05. The van der Waals surface area contributed by atoms with Crippen molar-refractivity contribution in [2.45, 2.75) is 32.7 Å². The average Bonchev–Trinajstić information content (AvgIpc) is 2.77. The molecule has 0 aliphatic carbocycles. The molecule has 32 heavy (non-hydrogen) atoms. The van der Waals surface area contributed by atoms with Gasteiger partial charge in [0.2, 0.25) is 0 Å². The van der Waals surface area contributed by atoms with Crippen LogP contribution in [0.15, 0.2) is 72.8 Å². The van der Waals surface area contributed by atoms with Crippen molar-refractivity contribution in [1.82, 2.24) is 5.32 Å². The second kappa shape index (κ2) is 10.1. The smallest absolute Gasteiger partial charge is 0.262 e. The SMILES string of the molecule is CC(C)(C)c1ccc(CNC(=O)c2ccccc2OCC(=O)Nc2ccc(F)cc2)cc1. The molecule has 0 saturated heterocycles. The van der Waals surface area contributed by atoms with Crippen LogP contribution >= 0.6 is 0 Å². The normalized spacial score (nSPS) is 11.0. The largest absolute Gasteiger partial charge is 0.483 e. The standard InChI is InChI=1S/C26H27FN2O3/c1-26(2,3)19-10-8-18(9-11-19)16-28-25(31)22-6-4-5-7-23(22)32-17-24(30)29-21-14-12-20(27)13-15-21/h4-15H,16-17H2,1-3H3,(H,28,31)(H,29,30). The van der Waals surface area contributed by atoms with Gasteiger partial charge in [-0.15, -0.1) is 0 Å². The average molecular weight is 435 g/mol. The third-order valence-electron chi connectivity index (χ3n) is 4.89. The zero-order chi connectivity index (χ0) is 23.1. The summed E-state index contributed by atoms with van der Waals surface area (Å²) in [5, 5.41) is 5.51. The topological polar surface area (TPSA) is 67.4 Å². The zero-order valence-electron chi connectivity index (χ0n) is 18.4. The van der Waals surface area contributed by atoms with Gasteiger partial charge < -0.3 is 15.4 Å². The van der Waals surface area contributed by atoms with E-state index in [-0.39, 0.29) is 23.7 Å². The highest BCUT2D eigenvalue weighted by Crippen LogP contribution is 2.22. The van der Waals surface area contributed by atoms with Gasteiger partial charge in [0, 0.05) is 12.2 Å². The molecular formula is C26H27FN2O3. The molecule has 3 aromatic carbocycles. The molecule has 0 spiro atoms. The third kappa shape index (κ3) is 6.41. The number of carbonyl (C=O) groups is 2. The summed E-state index contributed by atoms with van der Waals surface area (Å²) >= 11 is 0. The van der Waals surface area contributed by atoms with E-state index in [1.54, 1.807) is 24.3 Å². The van der Waals surface area contributed by atoms with Gasteiger partial charge in [-0.25, -0.2) is 4.39 Å². The molecule has 5 nitrogen and oxygen atoms in total.